The number of nitrogens with zero attached hydrogens (tertiary/aromatic N) is 1. The maximum atomic E-state index is 14.6. The number of aliphatic hydroxyl groups is 1. The van der Waals surface area contributed by atoms with Crippen LogP contribution in [0.5, 0.6) is 0 Å². The first-order valence-electron chi connectivity index (χ1n) is 15.7. The van der Waals surface area contributed by atoms with Crippen LogP contribution in [0.3, 0.4) is 0 Å². The lowest BCUT2D eigenvalue weighted by Gasteiger charge is -2.55. The molecule has 3 N–H and O–H groups in total. The number of alkyl halides is 4. The molecule has 7 unspecified atom stereocenters. The van der Waals surface area contributed by atoms with E-state index in [9.17, 15) is 22.7 Å². The van der Waals surface area contributed by atoms with Gasteiger partial charge in [0.1, 0.15) is 43.2 Å². The van der Waals surface area contributed by atoms with Gasteiger partial charge in [-0.2, -0.15) is 5.48 Å². The zero-order chi connectivity index (χ0) is 28.9. The predicted molar refractivity (Wildman–Crippen MR) is 145 cm³/mol. The number of rotatable bonds is 14. The van der Waals surface area contributed by atoms with Gasteiger partial charge in [-0.1, -0.05) is 12.8 Å². The molecular formula is C30H52F4N2O4. The first-order valence-corrected chi connectivity index (χ1v) is 15.7. The highest BCUT2D eigenvalue weighted by Crippen LogP contribution is 2.55. The zero-order valence-electron chi connectivity index (χ0n) is 24.3. The summed E-state index contributed by atoms with van der Waals surface area (Å²) < 4.78 is 71.0. The van der Waals surface area contributed by atoms with Crippen molar-refractivity contribution in [2.24, 2.45) is 23.7 Å². The first kappa shape index (κ1) is 32.4. The molecule has 3 aliphatic carbocycles. The smallest absolute Gasteiger partial charge is 0.137 e. The molecule has 1 heterocycles. The topological polar surface area (TPSA) is 77.5 Å². The van der Waals surface area contributed by atoms with Crippen molar-refractivity contribution in [2.45, 2.75) is 145 Å². The van der Waals surface area contributed by atoms with E-state index in [1.165, 1.54) is 0 Å². The fraction of sp³-hybridized carbons (Fsp3) is 1.00. The van der Waals surface area contributed by atoms with Crippen molar-refractivity contribution in [3.8, 4) is 0 Å². The number of hydrogen-bond acceptors (Lipinski definition) is 6. The molecule has 0 amide bonds. The van der Waals surface area contributed by atoms with Crippen molar-refractivity contribution in [3.05, 3.63) is 0 Å². The van der Waals surface area contributed by atoms with Gasteiger partial charge in [0.05, 0.1) is 5.60 Å². The third-order valence-electron chi connectivity index (χ3n) is 10.5. The molecule has 0 spiro atoms. The molecule has 0 bridgehead atoms. The Bertz CT molecular complexity index is 715. The van der Waals surface area contributed by atoms with Crippen LogP contribution in [0, 0.1) is 23.7 Å². The van der Waals surface area contributed by atoms with E-state index in [0.29, 0.717) is 12.3 Å². The molecule has 4 rings (SSSR count). The molecule has 0 radical (unpaired) electrons. The van der Waals surface area contributed by atoms with Crippen molar-refractivity contribution in [2.75, 3.05) is 20.7 Å². The van der Waals surface area contributed by atoms with Crippen molar-refractivity contribution in [3.63, 3.8) is 0 Å². The second-order valence-electron chi connectivity index (χ2n) is 13.2. The number of hydrogen-bond donors (Lipinski definition) is 3. The van der Waals surface area contributed by atoms with Gasteiger partial charge in [0.25, 0.3) is 0 Å². The summed E-state index contributed by atoms with van der Waals surface area (Å²) in [6.07, 6.45) is 3.00. The SMILES string of the molecule is COC(C1CCC(C2OC2N(C)CCCCCCC(O)NO)CC1)(C1CC(F)CC(F)C1)C1CC(F)CC(F)C1. The second-order valence-corrected chi connectivity index (χ2v) is 13.2. The number of ether oxygens (including phenoxy) is 2. The minimum absolute atomic E-state index is 0.0215. The van der Waals surface area contributed by atoms with Crippen LogP contribution in [0.1, 0.15) is 96.3 Å². The molecule has 4 fully saturated rings. The van der Waals surface area contributed by atoms with Crippen LogP contribution in [0.15, 0.2) is 0 Å². The highest BCUT2D eigenvalue weighted by molar-refractivity contribution is 5.06. The molecule has 1 aliphatic heterocycles. The van der Waals surface area contributed by atoms with E-state index in [-0.39, 0.29) is 68.6 Å². The first-order chi connectivity index (χ1) is 19.2. The quantitative estimate of drug-likeness (QED) is 0.0765. The van der Waals surface area contributed by atoms with Crippen LogP contribution in [-0.2, 0) is 9.47 Å². The van der Waals surface area contributed by atoms with E-state index >= 15 is 0 Å². The summed E-state index contributed by atoms with van der Waals surface area (Å²) in [5.74, 6) is -0.332. The number of methoxy groups -OCH3 is 1. The Morgan fingerprint density at radius 3 is 1.85 bits per heavy atom. The summed E-state index contributed by atoms with van der Waals surface area (Å²) in [5, 5.41) is 18.0. The number of hydroxylamine groups is 1. The number of halogens is 4. The maximum absolute atomic E-state index is 14.6. The highest BCUT2D eigenvalue weighted by atomic mass is 19.2. The lowest BCUT2D eigenvalue weighted by molar-refractivity contribution is -0.185. The van der Waals surface area contributed by atoms with Gasteiger partial charge in [0.2, 0.25) is 0 Å². The summed E-state index contributed by atoms with van der Waals surface area (Å²) in [5.41, 5.74) is 0.947. The van der Waals surface area contributed by atoms with E-state index in [2.05, 4.69) is 11.9 Å². The molecule has 4 aliphatic rings. The lowest BCUT2D eigenvalue weighted by Crippen LogP contribution is -2.58. The molecule has 10 heteroatoms. The summed E-state index contributed by atoms with van der Waals surface area (Å²) >= 11 is 0. The van der Waals surface area contributed by atoms with Crippen LogP contribution in [-0.4, -0.2) is 84.8 Å². The van der Waals surface area contributed by atoms with Crippen molar-refractivity contribution >= 4 is 0 Å². The largest absolute Gasteiger partial charge is 0.377 e. The number of epoxide rings is 1. The van der Waals surface area contributed by atoms with Gasteiger partial charge in [-0.05, 0) is 101 Å². The number of unbranched alkanes of at least 4 members (excludes halogenated alkanes) is 3. The molecule has 0 aromatic rings. The third-order valence-corrected chi connectivity index (χ3v) is 10.5. The van der Waals surface area contributed by atoms with Gasteiger partial charge in [-0.15, -0.1) is 0 Å². The van der Waals surface area contributed by atoms with Gasteiger partial charge in [-0.3, -0.25) is 4.90 Å². The number of aliphatic hydroxyl groups excluding tert-OH is 1. The summed E-state index contributed by atoms with van der Waals surface area (Å²) in [6, 6.07) is 0. The van der Waals surface area contributed by atoms with Gasteiger partial charge < -0.3 is 19.8 Å². The molecule has 7 atom stereocenters. The normalized spacial score (nSPS) is 41.0. The van der Waals surface area contributed by atoms with Crippen LogP contribution >= 0.6 is 0 Å². The molecule has 0 aromatic heterocycles. The monoisotopic (exact) mass is 580 g/mol. The van der Waals surface area contributed by atoms with E-state index in [0.717, 1.165) is 57.9 Å². The fourth-order valence-electron chi connectivity index (χ4n) is 8.56. The summed E-state index contributed by atoms with van der Waals surface area (Å²) in [6.45, 7) is 0.928. The molecule has 234 valence electrons. The third kappa shape index (κ3) is 7.90. The van der Waals surface area contributed by atoms with Gasteiger partial charge in [0, 0.05) is 26.5 Å². The maximum Gasteiger partial charge on any atom is 0.137 e. The van der Waals surface area contributed by atoms with Crippen LogP contribution in [0.25, 0.3) is 0 Å². The van der Waals surface area contributed by atoms with Gasteiger partial charge >= 0.3 is 0 Å². The molecule has 3 saturated carbocycles. The average Bonchev–Trinajstić information content (AvgIpc) is 3.72. The highest BCUT2D eigenvalue weighted by Gasteiger charge is 2.57. The average molecular weight is 581 g/mol. The molecular weight excluding hydrogens is 528 g/mol. The number of nitrogens with one attached hydrogen (secondary N) is 1. The Hall–Kier alpha value is -0.520. The fourth-order valence-corrected chi connectivity index (χ4v) is 8.56. The van der Waals surface area contributed by atoms with E-state index in [1.54, 1.807) is 7.11 Å². The molecule has 6 nitrogen and oxygen atoms in total. The second kappa shape index (κ2) is 14.8. The van der Waals surface area contributed by atoms with Crippen molar-refractivity contribution in [1.29, 1.82) is 0 Å². The minimum Gasteiger partial charge on any atom is -0.377 e. The summed E-state index contributed by atoms with van der Waals surface area (Å²) in [7, 11) is 3.68. The Labute approximate surface area is 237 Å². The zero-order valence-corrected chi connectivity index (χ0v) is 24.3. The lowest BCUT2D eigenvalue weighted by atomic mass is 9.57. The predicted octanol–water partition coefficient (Wildman–Crippen LogP) is 6.04. The van der Waals surface area contributed by atoms with Crippen LogP contribution < -0.4 is 5.48 Å². The molecule has 0 aromatic carbocycles. The Balaban J connectivity index is 1.31. The van der Waals surface area contributed by atoms with Gasteiger partial charge in [-0.25, -0.2) is 17.6 Å². The molecule has 40 heavy (non-hydrogen) atoms. The van der Waals surface area contributed by atoms with E-state index in [4.69, 9.17) is 14.7 Å². The van der Waals surface area contributed by atoms with Crippen LogP contribution in [0.2, 0.25) is 0 Å². The molecule has 1 saturated heterocycles. The van der Waals surface area contributed by atoms with Gasteiger partial charge in [0.15, 0.2) is 0 Å². The van der Waals surface area contributed by atoms with Crippen molar-refractivity contribution in [1.82, 2.24) is 10.4 Å². The van der Waals surface area contributed by atoms with Crippen molar-refractivity contribution < 1.29 is 37.3 Å². The summed E-state index contributed by atoms with van der Waals surface area (Å²) in [4.78, 5) is 2.26. The van der Waals surface area contributed by atoms with Crippen LogP contribution in [0.4, 0.5) is 17.6 Å². The number of likely N-dealkylation sites (N-methyl/N-ethyl adjacent to an activating group) is 1. The Morgan fingerprint density at radius 1 is 0.825 bits per heavy atom. The standard InChI is InChI=1S/C30H52F4N2O4/c1-36(12-6-4-3-5-7-27(37)35-38)29-28(40-29)19-8-10-20(11-9-19)30(39-2,21-13-23(31)17-24(32)14-21)22-15-25(33)18-26(34)16-22/h19-29,35,37-38H,3-18H2,1-2H3. The Morgan fingerprint density at radius 2 is 1.35 bits per heavy atom. The van der Waals surface area contributed by atoms with E-state index in [1.807, 2.05) is 5.48 Å². The van der Waals surface area contributed by atoms with E-state index < -0.39 is 36.5 Å². The Kier molecular flexibility index (Phi) is 12.0. The minimum atomic E-state index is -1.24.